The minimum Gasteiger partial charge on any atom is -0.497 e. The summed E-state index contributed by atoms with van der Waals surface area (Å²) in [6, 6.07) is 6.96. The van der Waals surface area contributed by atoms with Gasteiger partial charge in [-0.05, 0) is 38.1 Å². The highest BCUT2D eigenvalue weighted by atomic mass is 16.5. The molecule has 1 aromatic rings. The summed E-state index contributed by atoms with van der Waals surface area (Å²) in [4.78, 5) is 27.0. The fourth-order valence-corrected chi connectivity index (χ4v) is 4.02. The van der Waals surface area contributed by atoms with Gasteiger partial charge in [0.05, 0.1) is 35.8 Å². The summed E-state index contributed by atoms with van der Waals surface area (Å²) in [5.41, 5.74) is -0.794. The number of carbonyl (C=O) groups excluding carboxylic acids is 2. The van der Waals surface area contributed by atoms with E-state index in [1.165, 1.54) is 4.90 Å². The molecule has 22 heavy (non-hydrogen) atoms. The van der Waals surface area contributed by atoms with Gasteiger partial charge in [0, 0.05) is 0 Å². The number of hydrogen-bond donors (Lipinski definition) is 0. The van der Waals surface area contributed by atoms with E-state index in [0.717, 1.165) is 0 Å². The Bertz CT molecular complexity index is 674. The van der Waals surface area contributed by atoms with Crippen molar-refractivity contribution in [3.8, 4) is 5.75 Å². The van der Waals surface area contributed by atoms with Crippen molar-refractivity contribution in [2.75, 3.05) is 12.0 Å². The quantitative estimate of drug-likeness (QED) is 0.618. The van der Waals surface area contributed by atoms with Crippen LogP contribution < -0.4 is 9.64 Å². The number of rotatable bonds is 2. The maximum Gasteiger partial charge on any atom is 0.241 e. The Balaban J connectivity index is 1.76. The van der Waals surface area contributed by atoms with Crippen LogP contribution in [0.15, 0.2) is 36.4 Å². The van der Waals surface area contributed by atoms with Crippen LogP contribution >= 0.6 is 0 Å². The number of fused-ring (bicyclic) bond motifs is 5. The van der Waals surface area contributed by atoms with E-state index in [4.69, 9.17) is 9.47 Å². The molecule has 5 nitrogen and oxygen atoms in total. The van der Waals surface area contributed by atoms with Gasteiger partial charge in [-0.3, -0.25) is 9.59 Å². The number of ether oxygens (including phenoxy) is 2. The molecule has 0 radical (unpaired) electrons. The van der Waals surface area contributed by atoms with E-state index < -0.39 is 23.0 Å². The summed E-state index contributed by atoms with van der Waals surface area (Å²) in [7, 11) is 1.58. The molecule has 2 bridgehead atoms. The van der Waals surface area contributed by atoms with E-state index in [9.17, 15) is 9.59 Å². The number of nitrogens with zero attached hydrogens (tertiary/aromatic N) is 1. The summed E-state index contributed by atoms with van der Waals surface area (Å²) in [5, 5.41) is 0. The van der Waals surface area contributed by atoms with Crippen LogP contribution in [0.5, 0.6) is 5.75 Å². The van der Waals surface area contributed by atoms with E-state index in [-0.39, 0.29) is 11.8 Å². The molecular weight excluding hydrogens is 282 g/mol. The zero-order valence-corrected chi connectivity index (χ0v) is 12.7. The lowest BCUT2D eigenvalue weighted by atomic mass is 9.73. The lowest BCUT2D eigenvalue weighted by molar-refractivity contribution is -0.128. The van der Waals surface area contributed by atoms with Crippen molar-refractivity contribution >= 4 is 17.5 Å². The summed E-state index contributed by atoms with van der Waals surface area (Å²) in [6.45, 7) is 3.75. The van der Waals surface area contributed by atoms with Crippen molar-refractivity contribution in [1.29, 1.82) is 0 Å². The summed E-state index contributed by atoms with van der Waals surface area (Å²) < 4.78 is 11.1. The third-order valence-electron chi connectivity index (χ3n) is 5.06. The van der Waals surface area contributed by atoms with Gasteiger partial charge in [0.15, 0.2) is 0 Å². The minimum atomic E-state index is -0.687. The molecule has 0 saturated carbocycles. The van der Waals surface area contributed by atoms with Crippen LogP contribution in [0.25, 0.3) is 0 Å². The third-order valence-corrected chi connectivity index (χ3v) is 5.06. The van der Waals surface area contributed by atoms with Crippen LogP contribution in [0.2, 0.25) is 0 Å². The molecule has 114 valence electrons. The fraction of sp³-hybridized carbons (Fsp3) is 0.412. The lowest BCUT2D eigenvalue weighted by Gasteiger charge is -2.25. The molecule has 0 aliphatic carbocycles. The molecule has 1 aromatic carbocycles. The largest absolute Gasteiger partial charge is 0.497 e. The average molecular weight is 299 g/mol. The van der Waals surface area contributed by atoms with E-state index in [2.05, 4.69) is 0 Å². The predicted octanol–water partition coefficient (Wildman–Crippen LogP) is 1.92. The molecular formula is C17H17NO4. The summed E-state index contributed by atoms with van der Waals surface area (Å²) >= 11 is 0. The monoisotopic (exact) mass is 299 g/mol. The Hall–Kier alpha value is -2.14. The molecule has 0 N–H and O–H groups in total. The summed E-state index contributed by atoms with van der Waals surface area (Å²) in [5.74, 6) is -0.576. The predicted molar refractivity (Wildman–Crippen MR) is 79.5 cm³/mol. The van der Waals surface area contributed by atoms with Gasteiger partial charge in [0.25, 0.3) is 0 Å². The first-order valence-corrected chi connectivity index (χ1v) is 7.32. The van der Waals surface area contributed by atoms with Crippen molar-refractivity contribution < 1.29 is 19.1 Å². The van der Waals surface area contributed by atoms with E-state index in [0.29, 0.717) is 11.4 Å². The number of hydrogen-bond acceptors (Lipinski definition) is 4. The van der Waals surface area contributed by atoms with Crippen molar-refractivity contribution in [3.63, 3.8) is 0 Å². The third kappa shape index (κ3) is 1.47. The average Bonchev–Trinajstić information content (AvgIpc) is 3.04. The first-order valence-electron chi connectivity index (χ1n) is 7.32. The van der Waals surface area contributed by atoms with Gasteiger partial charge in [-0.25, -0.2) is 4.90 Å². The molecule has 2 amide bonds. The summed E-state index contributed by atoms with van der Waals surface area (Å²) in [6.07, 6.45) is 3.83. The SMILES string of the molecule is COc1ccc(N2C(=O)C3C(C2=O)C2(C)C=CC3(C)O2)cc1. The van der Waals surface area contributed by atoms with E-state index in [1.54, 1.807) is 31.4 Å². The maximum atomic E-state index is 12.8. The molecule has 4 rings (SSSR count). The van der Waals surface area contributed by atoms with Crippen LogP contribution in [0.4, 0.5) is 5.69 Å². The van der Waals surface area contributed by atoms with Gasteiger partial charge < -0.3 is 9.47 Å². The normalized spacial score (nSPS) is 38.8. The Morgan fingerprint density at radius 2 is 1.50 bits per heavy atom. The molecule has 2 saturated heterocycles. The Labute approximate surface area is 128 Å². The first kappa shape index (κ1) is 13.5. The van der Waals surface area contributed by atoms with Crippen LogP contribution in [-0.4, -0.2) is 30.1 Å². The molecule has 3 aliphatic rings. The highest BCUT2D eigenvalue weighted by Gasteiger charge is 2.70. The first-order chi connectivity index (χ1) is 10.4. The standard InChI is InChI=1S/C17H17NO4/c1-16-8-9-17(2,22-16)13-12(16)14(19)18(15(13)20)10-4-6-11(21-3)7-5-10/h4-9,12-13H,1-3H3. The lowest BCUT2D eigenvalue weighted by Crippen LogP contribution is -2.39. The van der Waals surface area contributed by atoms with E-state index >= 15 is 0 Å². The molecule has 4 unspecified atom stereocenters. The van der Waals surface area contributed by atoms with Crippen molar-refractivity contribution in [2.45, 2.75) is 25.0 Å². The van der Waals surface area contributed by atoms with Gasteiger partial charge >= 0.3 is 0 Å². The van der Waals surface area contributed by atoms with Gasteiger partial charge in [0.1, 0.15) is 5.75 Å². The molecule has 3 aliphatic heterocycles. The second kappa shape index (κ2) is 3.98. The molecule has 3 heterocycles. The zero-order valence-electron chi connectivity index (χ0n) is 12.7. The van der Waals surface area contributed by atoms with Gasteiger partial charge in [0.2, 0.25) is 11.8 Å². The molecule has 4 atom stereocenters. The van der Waals surface area contributed by atoms with Gasteiger partial charge in [-0.1, -0.05) is 12.2 Å². The Kier molecular flexibility index (Phi) is 2.45. The number of imide groups is 1. The van der Waals surface area contributed by atoms with Crippen LogP contribution in [-0.2, 0) is 14.3 Å². The van der Waals surface area contributed by atoms with Crippen molar-refractivity contribution in [1.82, 2.24) is 0 Å². The molecule has 0 spiro atoms. The van der Waals surface area contributed by atoms with E-state index in [1.807, 2.05) is 26.0 Å². The minimum absolute atomic E-state index is 0.184. The Morgan fingerprint density at radius 1 is 1.00 bits per heavy atom. The number of benzene rings is 1. The highest BCUT2D eigenvalue weighted by molar-refractivity contribution is 6.23. The second-order valence-electron chi connectivity index (χ2n) is 6.47. The van der Waals surface area contributed by atoms with Crippen molar-refractivity contribution in [2.24, 2.45) is 11.8 Å². The highest BCUT2D eigenvalue weighted by Crippen LogP contribution is 2.57. The Morgan fingerprint density at radius 3 is 1.95 bits per heavy atom. The topological polar surface area (TPSA) is 55.8 Å². The van der Waals surface area contributed by atoms with Crippen LogP contribution in [0.3, 0.4) is 0 Å². The van der Waals surface area contributed by atoms with Crippen LogP contribution in [0, 0.1) is 11.8 Å². The molecule has 0 aromatic heterocycles. The number of carbonyl (C=O) groups is 2. The smallest absolute Gasteiger partial charge is 0.241 e. The maximum absolute atomic E-state index is 12.8. The number of methoxy groups -OCH3 is 1. The fourth-order valence-electron chi connectivity index (χ4n) is 4.02. The number of anilines is 1. The molecule has 5 heteroatoms. The van der Waals surface area contributed by atoms with Crippen LogP contribution in [0.1, 0.15) is 13.8 Å². The van der Waals surface area contributed by atoms with Crippen molar-refractivity contribution in [3.05, 3.63) is 36.4 Å². The van der Waals surface area contributed by atoms with Gasteiger partial charge in [-0.15, -0.1) is 0 Å². The number of amides is 2. The molecule has 2 fully saturated rings. The zero-order chi connectivity index (χ0) is 15.7. The second-order valence-corrected chi connectivity index (χ2v) is 6.47. The van der Waals surface area contributed by atoms with Gasteiger partial charge in [-0.2, -0.15) is 0 Å².